The maximum Gasteiger partial charge on any atom is 0.252 e. The molecule has 0 aliphatic carbocycles. The fourth-order valence-electron chi connectivity index (χ4n) is 3.53. The standard InChI is InChI=1S/C16H20N6O/c1-9-4-3-5-14-20-21-15(22(9)14)12-6-10-11(7-18-16(10)23)13(19-12)8-17-2/h6,9,17H,3-5,7-8H2,1-2H3,(H,18,23). The SMILES string of the molecule is CNCc1nc(-c2nnc3n2C(C)CCC3)cc2c1CNC2=O. The lowest BCUT2D eigenvalue weighted by Crippen LogP contribution is -2.17. The quantitative estimate of drug-likeness (QED) is 0.889. The Bertz CT molecular complexity index is 781. The smallest absolute Gasteiger partial charge is 0.252 e. The van der Waals surface area contributed by atoms with Gasteiger partial charge >= 0.3 is 0 Å². The fourth-order valence-corrected chi connectivity index (χ4v) is 3.53. The molecule has 0 aromatic carbocycles. The maximum absolute atomic E-state index is 12.1. The van der Waals surface area contributed by atoms with Crippen molar-refractivity contribution in [3.63, 3.8) is 0 Å². The third-order valence-corrected chi connectivity index (χ3v) is 4.68. The Hall–Kier alpha value is -2.28. The zero-order chi connectivity index (χ0) is 16.0. The summed E-state index contributed by atoms with van der Waals surface area (Å²) in [6.07, 6.45) is 3.21. The van der Waals surface area contributed by atoms with Crippen LogP contribution in [0.2, 0.25) is 0 Å². The number of nitrogens with one attached hydrogen (secondary N) is 2. The molecule has 4 heterocycles. The third-order valence-electron chi connectivity index (χ3n) is 4.68. The molecule has 1 atom stereocenters. The first-order chi connectivity index (χ1) is 11.2. The Morgan fingerprint density at radius 3 is 3.13 bits per heavy atom. The van der Waals surface area contributed by atoms with E-state index in [0.29, 0.717) is 24.7 Å². The van der Waals surface area contributed by atoms with E-state index in [9.17, 15) is 4.79 Å². The van der Waals surface area contributed by atoms with Gasteiger partial charge in [0.2, 0.25) is 0 Å². The van der Waals surface area contributed by atoms with Crippen LogP contribution in [0, 0.1) is 0 Å². The molecule has 0 saturated heterocycles. The van der Waals surface area contributed by atoms with Crippen molar-refractivity contribution in [1.29, 1.82) is 0 Å². The molecule has 0 spiro atoms. The monoisotopic (exact) mass is 312 g/mol. The lowest BCUT2D eigenvalue weighted by atomic mass is 10.0. The van der Waals surface area contributed by atoms with Crippen molar-refractivity contribution < 1.29 is 4.79 Å². The minimum Gasteiger partial charge on any atom is -0.348 e. The Morgan fingerprint density at radius 2 is 2.30 bits per heavy atom. The Morgan fingerprint density at radius 1 is 1.43 bits per heavy atom. The average Bonchev–Trinajstić information content (AvgIpc) is 3.13. The molecule has 2 N–H and O–H groups in total. The van der Waals surface area contributed by atoms with E-state index >= 15 is 0 Å². The summed E-state index contributed by atoms with van der Waals surface area (Å²) in [5, 5.41) is 14.7. The first-order valence-corrected chi connectivity index (χ1v) is 8.08. The lowest BCUT2D eigenvalue weighted by molar-refractivity contribution is 0.0966. The van der Waals surface area contributed by atoms with Gasteiger partial charge in [-0.15, -0.1) is 10.2 Å². The second-order valence-electron chi connectivity index (χ2n) is 6.24. The van der Waals surface area contributed by atoms with E-state index in [0.717, 1.165) is 47.9 Å². The molecule has 0 saturated carbocycles. The number of hydrogen-bond donors (Lipinski definition) is 2. The first kappa shape index (κ1) is 14.3. The molecule has 1 amide bonds. The topological polar surface area (TPSA) is 84.7 Å². The van der Waals surface area contributed by atoms with Gasteiger partial charge in [0.05, 0.1) is 5.69 Å². The molecule has 7 nitrogen and oxygen atoms in total. The van der Waals surface area contributed by atoms with E-state index in [2.05, 4.69) is 32.3 Å². The first-order valence-electron chi connectivity index (χ1n) is 8.08. The molecular weight excluding hydrogens is 292 g/mol. The normalized spacial score (nSPS) is 19.4. The highest BCUT2D eigenvalue weighted by Gasteiger charge is 2.27. The molecule has 120 valence electrons. The van der Waals surface area contributed by atoms with Crippen LogP contribution >= 0.6 is 0 Å². The molecule has 2 aromatic heterocycles. The number of hydrogen-bond acceptors (Lipinski definition) is 5. The molecule has 0 fully saturated rings. The molecule has 23 heavy (non-hydrogen) atoms. The summed E-state index contributed by atoms with van der Waals surface area (Å²) in [5.41, 5.74) is 3.33. The highest BCUT2D eigenvalue weighted by atomic mass is 16.1. The average molecular weight is 312 g/mol. The van der Waals surface area contributed by atoms with Gasteiger partial charge < -0.3 is 15.2 Å². The summed E-state index contributed by atoms with van der Waals surface area (Å²) >= 11 is 0. The van der Waals surface area contributed by atoms with Gasteiger partial charge in [-0.05, 0) is 32.9 Å². The third kappa shape index (κ3) is 2.23. The molecule has 0 radical (unpaired) electrons. The van der Waals surface area contributed by atoms with Crippen LogP contribution in [0.25, 0.3) is 11.5 Å². The van der Waals surface area contributed by atoms with Crippen molar-refractivity contribution in [2.75, 3.05) is 7.05 Å². The molecule has 0 bridgehead atoms. The van der Waals surface area contributed by atoms with E-state index < -0.39 is 0 Å². The van der Waals surface area contributed by atoms with Crippen LogP contribution in [-0.4, -0.2) is 32.7 Å². The zero-order valence-electron chi connectivity index (χ0n) is 13.4. The van der Waals surface area contributed by atoms with Gasteiger partial charge in [-0.2, -0.15) is 0 Å². The van der Waals surface area contributed by atoms with Gasteiger partial charge in [0.25, 0.3) is 5.91 Å². The van der Waals surface area contributed by atoms with E-state index in [4.69, 9.17) is 4.98 Å². The summed E-state index contributed by atoms with van der Waals surface area (Å²) in [4.78, 5) is 16.9. The predicted octanol–water partition coefficient (Wildman–Crippen LogP) is 1.20. The van der Waals surface area contributed by atoms with Crippen LogP contribution in [0.5, 0.6) is 0 Å². The van der Waals surface area contributed by atoms with Crippen molar-refractivity contribution in [2.24, 2.45) is 0 Å². The van der Waals surface area contributed by atoms with Crippen LogP contribution in [0.15, 0.2) is 6.07 Å². The molecule has 2 aliphatic rings. The number of aromatic nitrogens is 4. The van der Waals surface area contributed by atoms with Crippen molar-refractivity contribution in [3.05, 3.63) is 28.7 Å². The van der Waals surface area contributed by atoms with Crippen molar-refractivity contribution in [3.8, 4) is 11.5 Å². The summed E-state index contributed by atoms with van der Waals surface area (Å²) in [6, 6.07) is 2.22. The van der Waals surface area contributed by atoms with Gasteiger partial charge in [0.15, 0.2) is 5.82 Å². The van der Waals surface area contributed by atoms with Crippen molar-refractivity contribution in [2.45, 2.75) is 45.3 Å². The molecule has 7 heteroatoms. The number of carbonyl (C=O) groups excluding carboxylic acids is 1. The minimum atomic E-state index is -0.0348. The van der Waals surface area contributed by atoms with E-state index in [1.165, 1.54) is 0 Å². The van der Waals surface area contributed by atoms with E-state index in [1.54, 1.807) is 0 Å². The molecular formula is C16H20N6O. The summed E-state index contributed by atoms with van der Waals surface area (Å²) < 4.78 is 2.17. The van der Waals surface area contributed by atoms with Gasteiger partial charge in [-0.1, -0.05) is 0 Å². The molecule has 2 aromatic rings. The molecule has 2 aliphatic heterocycles. The van der Waals surface area contributed by atoms with Gasteiger partial charge in [-0.3, -0.25) is 4.79 Å². The lowest BCUT2D eigenvalue weighted by Gasteiger charge is -2.22. The second kappa shape index (κ2) is 5.42. The van der Waals surface area contributed by atoms with Gasteiger partial charge in [0, 0.05) is 36.7 Å². The number of carbonyl (C=O) groups is 1. The van der Waals surface area contributed by atoms with Crippen molar-refractivity contribution >= 4 is 5.91 Å². The highest BCUT2D eigenvalue weighted by Crippen LogP contribution is 2.31. The number of aryl methyl sites for hydroxylation is 1. The van der Waals surface area contributed by atoms with Crippen LogP contribution in [0.3, 0.4) is 0 Å². The number of nitrogens with zero attached hydrogens (tertiary/aromatic N) is 4. The second-order valence-corrected chi connectivity index (χ2v) is 6.24. The van der Waals surface area contributed by atoms with Gasteiger partial charge in [0.1, 0.15) is 11.5 Å². The number of amides is 1. The van der Waals surface area contributed by atoms with E-state index in [-0.39, 0.29) is 5.91 Å². The van der Waals surface area contributed by atoms with Crippen molar-refractivity contribution in [1.82, 2.24) is 30.4 Å². The zero-order valence-corrected chi connectivity index (χ0v) is 13.4. The van der Waals surface area contributed by atoms with Crippen LogP contribution in [0.4, 0.5) is 0 Å². The van der Waals surface area contributed by atoms with Crippen LogP contribution < -0.4 is 10.6 Å². The summed E-state index contributed by atoms with van der Waals surface area (Å²) in [5.74, 6) is 1.75. The minimum absolute atomic E-state index is 0.0348. The summed E-state index contributed by atoms with van der Waals surface area (Å²) in [7, 11) is 1.88. The van der Waals surface area contributed by atoms with Crippen LogP contribution in [-0.2, 0) is 19.5 Å². The largest absolute Gasteiger partial charge is 0.348 e. The number of fused-ring (bicyclic) bond motifs is 2. The number of rotatable bonds is 3. The van der Waals surface area contributed by atoms with E-state index in [1.807, 2.05) is 13.1 Å². The maximum atomic E-state index is 12.1. The Labute approximate surface area is 134 Å². The molecule has 1 unspecified atom stereocenters. The summed E-state index contributed by atoms with van der Waals surface area (Å²) in [6.45, 7) is 3.36. The Balaban J connectivity index is 1.87. The highest BCUT2D eigenvalue weighted by molar-refractivity contribution is 5.99. The fraction of sp³-hybridized carbons (Fsp3) is 0.500. The number of pyridine rings is 1. The predicted molar refractivity (Wildman–Crippen MR) is 84.8 cm³/mol. The van der Waals surface area contributed by atoms with Crippen LogP contribution in [0.1, 0.15) is 53.2 Å². The molecule has 4 rings (SSSR count). The Kier molecular flexibility index (Phi) is 3.37. The van der Waals surface area contributed by atoms with Gasteiger partial charge in [-0.25, -0.2) is 4.98 Å².